The molecule has 1 saturated carbocycles. The Kier molecular flexibility index (Phi) is 3.68. The van der Waals surface area contributed by atoms with Gasteiger partial charge in [0.2, 0.25) is 0 Å². The van der Waals surface area contributed by atoms with E-state index in [0.717, 1.165) is 22.9 Å². The molecule has 0 amide bonds. The Balaban J connectivity index is 2.10. The van der Waals surface area contributed by atoms with Gasteiger partial charge in [-0.3, -0.25) is 0 Å². The number of alkyl halides is 1. The summed E-state index contributed by atoms with van der Waals surface area (Å²) in [5.41, 5.74) is 1.04. The monoisotopic (exact) mass is 290 g/mol. The van der Waals surface area contributed by atoms with E-state index in [0.29, 0.717) is 5.92 Å². The first kappa shape index (κ1) is 11.4. The van der Waals surface area contributed by atoms with E-state index in [9.17, 15) is 4.39 Å². The highest BCUT2D eigenvalue weighted by molar-refractivity contribution is 9.10. The lowest BCUT2D eigenvalue weighted by Gasteiger charge is -2.13. The Hall–Kier alpha value is -0.0800. The van der Waals surface area contributed by atoms with Crippen LogP contribution in [-0.4, -0.2) is 5.38 Å². The van der Waals surface area contributed by atoms with Crippen LogP contribution < -0.4 is 0 Å². The third-order valence-electron chi connectivity index (χ3n) is 2.99. The Morgan fingerprint density at radius 2 is 2.13 bits per heavy atom. The van der Waals surface area contributed by atoms with Crippen molar-refractivity contribution in [2.45, 2.75) is 31.1 Å². The van der Waals surface area contributed by atoms with E-state index in [2.05, 4.69) is 15.9 Å². The second-order valence-electron chi connectivity index (χ2n) is 4.19. The van der Waals surface area contributed by atoms with Crippen LogP contribution in [-0.2, 0) is 6.42 Å². The predicted octanol–water partition coefficient (Wildman–Crippen LogP) is 4.54. The fraction of sp³-hybridized carbons (Fsp3) is 0.500. The summed E-state index contributed by atoms with van der Waals surface area (Å²) in [4.78, 5) is 0. The molecular weight excluding hydrogens is 278 g/mol. The average Bonchev–Trinajstić information content (AvgIpc) is 2.50. The lowest BCUT2D eigenvalue weighted by Crippen LogP contribution is -2.10. The molecule has 2 atom stereocenters. The zero-order chi connectivity index (χ0) is 10.8. The van der Waals surface area contributed by atoms with Crippen LogP contribution in [0.25, 0.3) is 0 Å². The van der Waals surface area contributed by atoms with Crippen molar-refractivity contribution < 1.29 is 4.39 Å². The van der Waals surface area contributed by atoms with Gasteiger partial charge in [-0.05, 0) is 48.9 Å². The van der Waals surface area contributed by atoms with Gasteiger partial charge in [0, 0.05) is 9.85 Å². The van der Waals surface area contributed by atoms with Gasteiger partial charge in [-0.15, -0.1) is 11.6 Å². The molecule has 2 unspecified atom stereocenters. The molecule has 0 N–H and O–H groups in total. The number of rotatable bonds is 2. The molecule has 0 aromatic heterocycles. The van der Waals surface area contributed by atoms with Crippen molar-refractivity contribution >= 4 is 27.5 Å². The molecule has 3 heteroatoms. The summed E-state index contributed by atoms with van der Waals surface area (Å²) in [6, 6.07) is 5.06. The highest BCUT2D eigenvalue weighted by atomic mass is 79.9. The largest absolute Gasteiger partial charge is 0.207 e. The van der Waals surface area contributed by atoms with Crippen LogP contribution in [0.3, 0.4) is 0 Å². The van der Waals surface area contributed by atoms with Gasteiger partial charge >= 0.3 is 0 Å². The molecule has 0 radical (unpaired) electrons. The smallest absolute Gasteiger partial charge is 0.124 e. The normalized spacial score (nSPS) is 25.8. The molecule has 0 nitrogen and oxygen atoms in total. The Bertz CT molecular complexity index is 333. The summed E-state index contributed by atoms with van der Waals surface area (Å²) < 4.78 is 13.9. The van der Waals surface area contributed by atoms with Gasteiger partial charge in [0.05, 0.1) is 0 Å². The summed E-state index contributed by atoms with van der Waals surface area (Å²) in [6.07, 6.45) is 4.37. The zero-order valence-corrected chi connectivity index (χ0v) is 10.7. The lowest BCUT2D eigenvalue weighted by atomic mass is 9.98. The molecular formula is C12H13BrClF. The van der Waals surface area contributed by atoms with Crippen molar-refractivity contribution in [1.29, 1.82) is 0 Å². The second-order valence-corrected chi connectivity index (χ2v) is 5.67. The first-order valence-corrected chi connectivity index (χ1v) is 6.47. The van der Waals surface area contributed by atoms with Crippen molar-refractivity contribution in [1.82, 2.24) is 0 Å². The van der Waals surface area contributed by atoms with E-state index in [1.165, 1.54) is 18.9 Å². The minimum atomic E-state index is -0.177. The minimum absolute atomic E-state index is 0.177. The Labute approximate surface area is 103 Å². The fourth-order valence-electron chi connectivity index (χ4n) is 2.25. The highest BCUT2D eigenvalue weighted by Gasteiger charge is 2.25. The van der Waals surface area contributed by atoms with Crippen molar-refractivity contribution in [2.24, 2.45) is 5.92 Å². The predicted molar refractivity (Wildman–Crippen MR) is 64.8 cm³/mol. The summed E-state index contributed by atoms with van der Waals surface area (Å²) in [7, 11) is 0. The van der Waals surface area contributed by atoms with E-state index < -0.39 is 0 Å². The molecule has 0 saturated heterocycles. The molecule has 0 aliphatic heterocycles. The molecule has 0 heterocycles. The molecule has 1 aromatic carbocycles. The van der Waals surface area contributed by atoms with Gasteiger partial charge < -0.3 is 0 Å². The molecule has 0 spiro atoms. The minimum Gasteiger partial charge on any atom is -0.207 e. The van der Waals surface area contributed by atoms with E-state index in [1.807, 2.05) is 6.07 Å². The first-order valence-electron chi connectivity index (χ1n) is 5.24. The number of hydrogen-bond acceptors (Lipinski definition) is 0. The van der Waals surface area contributed by atoms with Crippen LogP contribution in [0.1, 0.15) is 24.8 Å². The number of benzene rings is 1. The summed E-state index contributed by atoms with van der Waals surface area (Å²) in [5.74, 6) is 0.337. The summed E-state index contributed by atoms with van der Waals surface area (Å²) >= 11 is 9.51. The maximum atomic E-state index is 13.1. The quantitative estimate of drug-likeness (QED) is 0.702. The van der Waals surface area contributed by atoms with Gasteiger partial charge in [-0.1, -0.05) is 22.4 Å². The molecule has 1 aliphatic carbocycles. The zero-order valence-electron chi connectivity index (χ0n) is 8.35. The molecule has 2 rings (SSSR count). The van der Waals surface area contributed by atoms with E-state index >= 15 is 0 Å². The maximum absolute atomic E-state index is 13.1. The van der Waals surface area contributed by atoms with Crippen LogP contribution in [0.15, 0.2) is 22.7 Å². The van der Waals surface area contributed by atoms with Crippen molar-refractivity contribution in [3.05, 3.63) is 34.1 Å². The van der Waals surface area contributed by atoms with Gasteiger partial charge in [0.25, 0.3) is 0 Å². The average molecular weight is 292 g/mol. The molecule has 1 fully saturated rings. The lowest BCUT2D eigenvalue weighted by molar-refractivity contribution is 0.548. The van der Waals surface area contributed by atoms with Gasteiger partial charge in [0.1, 0.15) is 5.82 Å². The van der Waals surface area contributed by atoms with Crippen molar-refractivity contribution in [3.63, 3.8) is 0 Å². The second kappa shape index (κ2) is 4.84. The van der Waals surface area contributed by atoms with Crippen LogP contribution in [0.2, 0.25) is 0 Å². The molecule has 0 bridgehead atoms. The third kappa shape index (κ3) is 2.94. The molecule has 1 aliphatic rings. The van der Waals surface area contributed by atoms with Gasteiger partial charge in [-0.2, -0.15) is 0 Å². The fourth-order valence-corrected chi connectivity index (χ4v) is 3.14. The number of halogens is 3. The van der Waals surface area contributed by atoms with Crippen LogP contribution in [0, 0.1) is 11.7 Å². The highest BCUT2D eigenvalue weighted by Crippen LogP contribution is 2.33. The Morgan fingerprint density at radius 3 is 2.73 bits per heavy atom. The van der Waals surface area contributed by atoms with Gasteiger partial charge in [0.15, 0.2) is 0 Å². The summed E-state index contributed by atoms with van der Waals surface area (Å²) in [6.45, 7) is 0. The van der Waals surface area contributed by atoms with Gasteiger partial charge in [-0.25, -0.2) is 4.39 Å². The molecule has 1 aromatic rings. The first-order chi connectivity index (χ1) is 7.15. The van der Waals surface area contributed by atoms with Crippen molar-refractivity contribution in [2.75, 3.05) is 0 Å². The van der Waals surface area contributed by atoms with E-state index in [1.54, 1.807) is 6.07 Å². The standard InChI is InChI=1S/C12H13BrClF/c13-10-5-8(6-11(15)7-10)4-9-2-1-3-12(9)14/h5-7,9,12H,1-4H2. The van der Waals surface area contributed by atoms with Crippen LogP contribution in [0.4, 0.5) is 4.39 Å². The Morgan fingerprint density at radius 1 is 1.33 bits per heavy atom. The van der Waals surface area contributed by atoms with E-state index in [4.69, 9.17) is 11.6 Å². The molecule has 82 valence electrons. The summed E-state index contributed by atoms with van der Waals surface area (Å²) in [5, 5.41) is 0.270. The third-order valence-corrected chi connectivity index (χ3v) is 4.02. The molecule has 15 heavy (non-hydrogen) atoms. The number of hydrogen-bond donors (Lipinski definition) is 0. The van der Waals surface area contributed by atoms with Crippen LogP contribution >= 0.6 is 27.5 Å². The topological polar surface area (TPSA) is 0 Å². The van der Waals surface area contributed by atoms with E-state index in [-0.39, 0.29) is 11.2 Å². The SMILES string of the molecule is Fc1cc(Br)cc(CC2CCCC2Cl)c1. The van der Waals surface area contributed by atoms with Crippen LogP contribution in [0.5, 0.6) is 0 Å². The van der Waals surface area contributed by atoms with Crippen molar-refractivity contribution in [3.8, 4) is 0 Å². The maximum Gasteiger partial charge on any atom is 0.124 e.